The number of hydrogen-bond acceptors (Lipinski definition) is 3. The molecular weight excluding hydrogens is 266 g/mol. The Balaban J connectivity index is 1.97. The first kappa shape index (κ1) is 13.6. The Hall–Kier alpha value is -1.82. The van der Waals surface area contributed by atoms with Crippen molar-refractivity contribution in [2.45, 2.75) is 26.4 Å². The highest BCUT2D eigenvalue weighted by molar-refractivity contribution is 6.30. The van der Waals surface area contributed by atoms with E-state index in [0.717, 1.165) is 11.3 Å². The molecule has 0 saturated heterocycles. The van der Waals surface area contributed by atoms with Gasteiger partial charge in [-0.2, -0.15) is 10.2 Å². The number of halogens is 1. The number of aromatic nitrogens is 4. The van der Waals surface area contributed by atoms with E-state index in [1.807, 2.05) is 20.9 Å². The summed E-state index contributed by atoms with van der Waals surface area (Å²) in [6, 6.07) is -0.0905. The van der Waals surface area contributed by atoms with Gasteiger partial charge in [-0.15, -0.1) is 0 Å². The van der Waals surface area contributed by atoms with Crippen molar-refractivity contribution in [3.63, 3.8) is 0 Å². The lowest BCUT2D eigenvalue weighted by molar-refractivity contribution is -0.122. The fourth-order valence-corrected chi connectivity index (χ4v) is 2.03. The third-order valence-corrected chi connectivity index (χ3v) is 3.22. The van der Waals surface area contributed by atoms with Gasteiger partial charge in [0.15, 0.2) is 0 Å². The molecule has 6 nitrogen and oxygen atoms in total. The zero-order chi connectivity index (χ0) is 14.0. The molecule has 1 amide bonds. The number of carbonyl (C=O) groups excluding carboxylic acids is 1. The first-order chi connectivity index (χ1) is 8.97. The molecule has 0 aliphatic heterocycles. The van der Waals surface area contributed by atoms with Gasteiger partial charge < -0.3 is 5.32 Å². The van der Waals surface area contributed by atoms with Crippen LogP contribution >= 0.6 is 11.6 Å². The van der Waals surface area contributed by atoms with Crippen molar-refractivity contribution in [3.8, 4) is 0 Å². The summed E-state index contributed by atoms with van der Waals surface area (Å²) in [7, 11) is 1.87. The van der Waals surface area contributed by atoms with Gasteiger partial charge in [0.25, 0.3) is 0 Å². The fraction of sp³-hybridized carbons (Fsp3) is 0.417. The summed E-state index contributed by atoms with van der Waals surface area (Å²) in [5.41, 5.74) is 2.05. The van der Waals surface area contributed by atoms with Crippen molar-refractivity contribution in [2.75, 3.05) is 0 Å². The number of carbonyl (C=O) groups is 1. The molecule has 102 valence electrons. The summed E-state index contributed by atoms with van der Waals surface area (Å²) in [5, 5.41) is 11.6. The molecule has 7 heteroatoms. The second-order valence-electron chi connectivity index (χ2n) is 4.45. The predicted octanol–water partition coefficient (Wildman–Crippen LogP) is 1.46. The Labute approximate surface area is 116 Å². The summed E-state index contributed by atoms with van der Waals surface area (Å²) in [6.07, 6.45) is 4.88. The standard InChI is InChI=1S/C12H16ClN5O/c1-8(11-5-14-17(3)9(11)2)16-12(19)7-18-6-10(13)4-15-18/h4-6,8H,7H2,1-3H3,(H,16,19). The molecule has 0 radical (unpaired) electrons. The lowest BCUT2D eigenvalue weighted by Gasteiger charge is -2.13. The second-order valence-corrected chi connectivity index (χ2v) is 4.89. The molecule has 2 aromatic rings. The number of nitrogens with zero attached hydrogens (tertiary/aromatic N) is 4. The van der Waals surface area contributed by atoms with Crippen LogP contribution in [0.2, 0.25) is 5.02 Å². The molecule has 0 aromatic carbocycles. The molecule has 1 N–H and O–H groups in total. The lowest BCUT2D eigenvalue weighted by atomic mass is 10.1. The van der Waals surface area contributed by atoms with E-state index in [4.69, 9.17) is 11.6 Å². The van der Waals surface area contributed by atoms with Gasteiger partial charge in [0, 0.05) is 24.5 Å². The maximum atomic E-state index is 11.9. The normalized spacial score (nSPS) is 12.4. The molecule has 0 saturated carbocycles. The number of nitrogens with one attached hydrogen (secondary N) is 1. The molecule has 0 spiro atoms. The summed E-state index contributed by atoms with van der Waals surface area (Å²) >= 11 is 5.74. The van der Waals surface area contributed by atoms with E-state index in [0.29, 0.717) is 5.02 Å². The molecule has 2 aromatic heterocycles. The molecule has 1 atom stereocenters. The highest BCUT2D eigenvalue weighted by Crippen LogP contribution is 2.15. The van der Waals surface area contributed by atoms with E-state index >= 15 is 0 Å². The Kier molecular flexibility index (Phi) is 3.90. The molecule has 19 heavy (non-hydrogen) atoms. The zero-order valence-electron chi connectivity index (χ0n) is 11.1. The van der Waals surface area contributed by atoms with Gasteiger partial charge in [-0.05, 0) is 13.8 Å². The molecular formula is C12H16ClN5O. The molecule has 0 fully saturated rings. The summed E-state index contributed by atoms with van der Waals surface area (Å²) in [5.74, 6) is -0.115. The van der Waals surface area contributed by atoms with Crippen LogP contribution in [0, 0.1) is 6.92 Å². The van der Waals surface area contributed by atoms with Crippen LogP contribution in [0.15, 0.2) is 18.6 Å². The van der Waals surface area contributed by atoms with Gasteiger partial charge in [0.1, 0.15) is 6.54 Å². The number of rotatable bonds is 4. The van der Waals surface area contributed by atoms with Crippen LogP contribution in [0.5, 0.6) is 0 Å². The number of amides is 1. The van der Waals surface area contributed by atoms with Crippen molar-refractivity contribution in [3.05, 3.63) is 34.9 Å². The zero-order valence-corrected chi connectivity index (χ0v) is 11.8. The lowest BCUT2D eigenvalue weighted by Crippen LogP contribution is -2.30. The monoisotopic (exact) mass is 281 g/mol. The van der Waals surface area contributed by atoms with Crippen LogP contribution < -0.4 is 5.32 Å². The molecule has 2 rings (SSSR count). The van der Waals surface area contributed by atoms with E-state index in [1.54, 1.807) is 17.1 Å². The van der Waals surface area contributed by atoms with Crippen LogP contribution in [0.3, 0.4) is 0 Å². The predicted molar refractivity (Wildman–Crippen MR) is 71.7 cm³/mol. The number of hydrogen-bond donors (Lipinski definition) is 1. The smallest absolute Gasteiger partial charge is 0.242 e. The summed E-state index contributed by atoms with van der Waals surface area (Å²) < 4.78 is 3.28. The Morgan fingerprint density at radius 2 is 2.21 bits per heavy atom. The van der Waals surface area contributed by atoms with Crippen LogP contribution in [0.1, 0.15) is 24.2 Å². The Morgan fingerprint density at radius 1 is 1.47 bits per heavy atom. The first-order valence-corrected chi connectivity index (χ1v) is 6.31. The van der Waals surface area contributed by atoms with E-state index in [-0.39, 0.29) is 18.5 Å². The van der Waals surface area contributed by atoms with Crippen LogP contribution in [0.25, 0.3) is 0 Å². The van der Waals surface area contributed by atoms with Crippen molar-refractivity contribution >= 4 is 17.5 Å². The first-order valence-electron chi connectivity index (χ1n) is 5.93. The van der Waals surface area contributed by atoms with E-state index < -0.39 is 0 Å². The van der Waals surface area contributed by atoms with Gasteiger partial charge >= 0.3 is 0 Å². The molecule has 0 aliphatic carbocycles. The number of aryl methyl sites for hydroxylation is 1. The largest absolute Gasteiger partial charge is 0.348 e. The molecule has 0 bridgehead atoms. The topological polar surface area (TPSA) is 64.7 Å². The van der Waals surface area contributed by atoms with Crippen molar-refractivity contribution in [1.82, 2.24) is 24.9 Å². The third-order valence-electron chi connectivity index (χ3n) is 3.02. The summed E-state index contributed by atoms with van der Waals surface area (Å²) in [6.45, 7) is 4.05. The van der Waals surface area contributed by atoms with Gasteiger partial charge in [0.2, 0.25) is 5.91 Å². The highest BCUT2D eigenvalue weighted by atomic mass is 35.5. The Morgan fingerprint density at radius 3 is 2.74 bits per heavy atom. The van der Waals surface area contributed by atoms with Gasteiger partial charge in [-0.3, -0.25) is 14.2 Å². The van der Waals surface area contributed by atoms with E-state index in [9.17, 15) is 4.79 Å². The van der Waals surface area contributed by atoms with E-state index in [2.05, 4.69) is 15.5 Å². The van der Waals surface area contributed by atoms with Crippen molar-refractivity contribution < 1.29 is 4.79 Å². The SMILES string of the molecule is Cc1c(C(C)NC(=O)Cn2cc(Cl)cn2)cnn1C. The van der Waals surface area contributed by atoms with Crippen molar-refractivity contribution in [2.24, 2.45) is 7.05 Å². The minimum Gasteiger partial charge on any atom is -0.348 e. The quantitative estimate of drug-likeness (QED) is 0.923. The molecule has 2 heterocycles. The second kappa shape index (κ2) is 5.44. The van der Waals surface area contributed by atoms with Crippen LogP contribution in [-0.4, -0.2) is 25.5 Å². The van der Waals surface area contributed by atoms with Crippen LogP contribution in [0.4, 0.5) is 0 Å². The fourth-order valence-electron chi connectivity index (χ4n) is 1.88. The molecule has 0 aliphatic rings. The molecule has 1 unspecified atom stereocenters. The van der Waals surface area contributed by atoms with Crippen LogP contribution in [-0.2, 0) is 18.4 Å². The van der Waals surface area contributed by atoms with E-state index in [1.165, 1.54) is 10.9 Å². The average molecular weight is 282 g/mol. The average Bonchev–Trinajstić information content (AvgIpc) is 2.87. The minimum atomic E-state index is -0.115. The minimum absolute atomic E-state index is 0.0905. The van der Waals surface area contributed by atoms with Gasteiger partial charge in [0.05, 0.1) is 23.5 Å². The third kappa shape index (κ3) is 3.14. The van der Waals surface area contributed by atoms with Gasteiger partial charge in [-0.1, -0.05) is 11.6 Å². The van der Waals surface area contributed by atoms with Crippen molar-refractivity contribution in [1.29, 1.82) is 0 Å². The highest BCUT2D eigenvalue weighted by Gasteiger charge is 2.14. The Bertz CT molecular complexity index is 589. The maximum Gasteiger partial charge on any atom is 0.242 e. The maximum absolute atomic E-state index is 11.9. The van der Waals surface area contributed by atoms with Gasteiger partial charge in [-0.25, -0.2) is 0 Å². The summed E-state index contributed by atoms with van der Waals surface area (Å²) in [4.78, 5) is 11.9.